The summed E-state index contributed by atoms with van der Waals surface area (Å²) in [7, 11) is 0. The Morgan fingerprint density at radius 3 is 2.75 bits per heavy atom. The zero-order valence-electron chi connectivity index (χ0n) is 9.19. The van der Waals surface area contributed by atoms with Gasteiger partial charge < -0.3 is 10.8 Å². The van der Waals surface area contributed by atoms with Crippen LogP contribution in [0, 0.1) is 0 Å². The molecule has 0 radical (unpaired) electrons. The van der Waals surface area contributed by atoms with Gasteiger partial charge in [0.05, 0.1) is 17.3 Å². The summed E-state index contributed by atoms with van der Waals surface area (Å²) in [5, 5.41) is 9.60. The summed E-state index contributed by atoms with van der Waals surface area (Å²) in [5.41, 5.74) is 7.54. The van der Waals surface area contributed by atoms with Gasteiger partial charge >= 0.3 is 0 Å². The van der Waals surface area contributed by atoms with Crippen molar-refractivity contribution >= 4 is 17.3 Å². The first-order valence-corrected chi connectivity index (χ1v) is 5.97. The van der Waals surface area contributed by atoms with Crippen LogP contribution in [0.1, 0.15) is 18.4 Å². The third kappa shape index (κ3) is 2.88. The van der Waals surface area contributed by atoms with Gasteiger partial charge in [0.15, 0.2) is 0 Å². The van der Waals surface area contributed by atoms with Gasteiger partial charge in [-0.1, -0.05) is 17.7 Å². The van der Waals surface area contributed by atoms with Gasteiger partial charge in [-0.15, -0.1) is 0 Å². The number of hydrogen-bond donors (Lipinski definition) is 2. The quantitative estimate of drug-likeness (QED) is 0.773. The van der Waals surface area contributed by atoms with E-state index in [0.29, 0.717) is 16.8 Å². The molecule has 3 N–H and O–H groups in total. The van der Waals surface area contributed by atoms with Crippen LogP contribution in [0.25, 0.3) is 0 Å². The molecule has 0 bridgehead atoms. The molecule has 1 aromatic rings. The third-order valence-corrected chi connectivity index (χ3v) is 3.24. The van der Waals surface area contributed by atoms with E-state index in [0.717, 1.165) is 18.7 Å². The number of anilines is 1. The lowest BCUT2D eigenvalue weighted by molar-refractivity contribution is 0.183. The number of aliphatic hydroxyl groups is 1. The highest BCUT2D eigenvalue weighted by atomic mass is 35.5. The lowest BCUT2D eigenvalue weighted by atomic mass is 10.2. The maximum Gasteiger partial charge on any atom is 0.0635 e. The molecule has 0 atom stereocenters. The van der Waals surface area contributed by atoms with Gasteiger partial charge in [0.25, 0.3) is 0 Å². The van der Waals surface area contributed by atoms with E-state index in [-0.39, 0.29) is 6.61 Å². The molecule has 0 spiro atoms. The number of benzene rings is 1. The van der Waals surface area contributed by atoms with Gasteiger partial charge in [-0.25, -0.2) is 0 Å². The Hall–Kier alpha value is -0.770. The SMILES string of the molecule is Nc1cc(CN(CCO)C2CC2)ccc1Cl. The molecular weight excluding hydrogens is 224 g/mol. The lowest BCUT2D eigenvalue weighted by Crippen LogP contribution is -2.28. The highest BCUT2D eigenvalue weighted by Gasteiger charge is 2.28. The summed E-state index contributed by atoms with van der Waals surface area (Å²) >= 11 is 5.87. The second-order valence-corrected chi connectivity index (χ2v) is 4.69. The average Bonchev–Trinajstić information content (AvgIpc) is 3.06. The van der Waals surface area contributed by atoms with E-state index in [2.05, 4.69) is 4.90 Å². The highest BCUT2D eigenvalue weighted by Crippen LogP contribution is 2.29. The van der Waals surface area contributed by atoms with Crippen LogP contribution in [-0.2, 0) is 6.54 Å². The van der Waals surface area contributed by atoms with Gasteiger partial charge in [-0.2, -0.15) is 0 Å². The highest BCUT2D eigenvalue weighted by molar-refractivity contribution is 6.33. The van der Waals surface area contributed by atoms with E-state index in [4.69, 9.17) is 22.4 Å². The van der Waals surface area contributed by atoms with E-state index in [9.17, 15) is 0 Å². The predicted octanol–water partition coefficient (Wildman–Crippen LogP) is 1.88. The molecule has 1 aliphatic carbocycles. The molecule has 2 rings (SSSR count). The Labute approximate surface area is 101 Å². The van der Waals surface area contributed by atoms with E-state index in [1.165, 1.54) is 12.8 Å². The van der Waals surface area contributed by atoms with Crippen LogP contribution in [-0.4, -0.2) is 29.2 Å². The first-order chi connectivity index (χ1) is 7.70. The molecule has 1 aliphatic rings. The van der Waals surface area contributed by atoms with Crippen LogP contribution in [0.2, 0.25) is 5.02 Å². The van der Waals surface area contributed by atoms with Crippen LogP contribution < -0.4 is 5.73 Å². The molecule has 4 heteroatoms. The molecule has 0 saturated heterocycles. The number of nitrogens with zero attached hydrogens (tertiary/aromatic N) is 1. The molecule has 1 saturated carbocycles. The number of nitrogens with two attached hydrogens (primary N) is 1. The van der Waals surface area contributed by atoms with E-state index in [1.807, 2.05) is 18.2 Å². The van der Waals surface area contributed by atoms with Crippen molar-refractivity contribution in [3.05, 3.63) is 28.8 Å². The average molecular weight is 241 g/mol. The van der Waals surface area contributed by atoms with Crippen LogP contribution in [0.4, 0.5) is 5.69 Å². The van der Waals surface area contributed by atoms with Crippen molar-refractivity contribution < 1.29 is 5.11 Å². The first kappa shape index (κ1) is 11.7. The normalized spacial score (nSPS) is 15.7. The van der Waals surface area contributed by atoms with Crippen LogP contribution in [0.5, 0.6) is 0 Å². The first-order valence-electron chi connectivity index (χ1n) is 5.59. The Balaban J connectivity index is 2.03. The van der Waals surface area contributed by atoms with E-state index < -0.39 is 0 Å². The van der Waals surface area contributed by atoms with Crippen molar-refractivity contribution in [1.29, 1.82) is 0 Å². The molecule has 88 valence electrons. The summed E-state index contributed by atoms with van der Waals surface area (Å²) in [6.07, 6.45) is 2.48. The molecular formula is C12H17ClN2O. The lowest BCUT2D eigenvalue weighted by Gasteiger charge is -2.21. The number of halogens is 1. The largest absolute Gasteiger partial charge is 0.398 e. The standard InChI is InChI=1S/C12H17ClN2O/c13-11-4-1-9(7-12(11)14)8-15(5-6-16)10-2-3-10/h1,4,7,10,16H,2-3,5-6,8,14H2. The summed E-state index contributed by atoms with van der Waals surface area (Å²) in [5.74, 6) is 0. The molecule has 0 heterocycles. The monoisotopic (exact) mass is 240 g/mol. The maximum atomic E-state index is 9.00. The Morgan fingerprint density at radius 2 is 2.19 bits per heavy atom. The van der Waals surface area contributed by atoms with Crippen molar-refractivity contribution in [2.75, 3.05) is 18.9 Å². The van der Waals surface area contributed by atoms with Crippen LogP contribution in [0.15, 0.2) is 18.2 Å². The number of hydrogen-bond acceptors (Lipinski definition) is 3. The van der Waals surface area contributed by atoms with Gasteiger partial charge in [0, 0.05) is 19.1 Å². The molecule has 3 nitrogen and oxygen atoms in total. The van der Waals surface area contributed by atoms with Gasteiger partial charge in [-0.05, 0) is 30.5 Å². The maximum absolute atomic E-state index is 9.00. The topological polar surface area (TPSA) is 49.5 Å². The van der Waals surface area contributed by atoms with Gasteiger partial charge in [0.1, 0.15) is 0 Å². The summed E-state index contributed by atoms with van der Waals surface area (Å²) < 4.78 is 0. The second-order valence-electron chi connectivity index (χ2n) is 4.28. The zero-order chi connectivity index (χ0) is 11.5. The minimum absolute atomic E-state index is 0.208. The molecule has 1 fully saturated rings. The Kier molecular flexibility index (Phi) is 3.69. The molecule has 0 unspecified atom stereocenters. The molecule has 0 amide bonds. The van der Waals surface area contributed by atoms with Crippen LogP contribution >= 0.6 is 11.6 Å². The molecule has 16 heavy (non-hydrogen) atoms. The van der Waals surface area contributed by atoms with Crippen molar-refractivity contribution in [2.24, 2.45) is 0 Å². The third-order valence-electron chi connectivity index (χ3n) is 2.90. The zero-order valence-corrected chi connectivity index (χ0v) is 9.95. The van der Waals surface area contributed by atoms with E-state index >= 15 is 0 Å². The fourth-order valence-electron chi connectivity index (χ4n) is 1.88. The van der Waals surface area contributed by atoms with Crippen LogP contribution in [0.3, 0.4) is 0 Å². The molecule has 1 aromatic carbocycles. The fraction of sp³-hybridized carbons (Fsp3) is 0.500. The van der Waals surface area contributed by atoms with Crippen molar-refractivity contribution in [3.63, 3.8) is 0 Å². The number of aliphatic hydroxyl groups excluding tert-OH is 1. The smallest absolute Gasteiger partial charge is 0.0635 e. The Bertz CT molecular complexity index is 366. The molecule has 0 aromatic heterocycles. The van der Waals surface area contributed by atoms with Crippen molar-refractivity contribution in [3.8, 4) is 0 Å². The summed E-state index contributed by atoms with van der Waals surface area (Å²) in [6.45, 7) is 1.78. The molecule has 0 aliphatic heterocycles. The fourth-order valence-corrected chi connectivity index (χ4v) is 2.00. The van der Waals surface area contributed by atoms with Gasteiger partial charge in [-0.3, -0.25) is 4.90 Å². The predicted molar refractivity (Wildman–Crippen MR) is 66.4 cm³/mol. The minimum atomic E-state index is 0.208. The number of nitrogen functional groups attached to an aromatic ring is 1. The Morgan fingerprint density at radius 1 is 1.44 bits per heavy atom. The number of rotatable bonds is 5. The van der Waals surface area contributed by atoms with E-state index in [1.54, 1.807) is 0 Å². The summed E-state index contributed by atoms with van der Waals surface area (Å²) in [6, 6.07) is 6.38. The van der Waals surface area contributed by atoms with Crippen molar-refractivity contribution in [1.82, 2.24) is 4.90 Å². The van der Waals surface area contributed by atoms with Crippen molar-refractivity contribution in [2.45, 2.75) is 25.4 Å². The minimum Gasteiger partial charge on any atom is -0.398 e. The second kappa shape index (κ2) is 5.04. The summed E-state index contributed by atoms with van der Waals surface area (Å²) in [4.78, 5) is 2.29. The van der Waals surface area contributed by atoms with Gasteiger partial charge in [0.2, 0.25) is 0 Å².